The van der Waals surface area contributed by atoms with Crippen LogP contribution in [0.3, 0.4) is 0 Å². The molecule has 0 aromatic heterocycles. The van der Waals surface area contributed by atoms with Crippen LogP contribution in [0.2, 0.25) is 0 Å². The van der Waals surface area contributed by atoms with E-state index in [0.717, 1.165) is 6.42 Å². The number of hydrogen-bond acceptors (Lipinski definition) is 5. The van der Waals surface area contributed by atoms with Gasteiger partial charge in [0.2, 0.25) is 0 Å². The zero-order valence-corrected chi connectivity index (χ0v) is 16.2. The fraction of sp³-hybridized carbons (Fsp3) is 0.227. The number of esters is 2. The summed E-state index contributed by atoms with van der Waals surface area (Å²) in [5.74, 6) is -0.611. The Balaban J connectivity index is 1.85. The minimum atomic E-state index is -0.656. The standard InChI is InChI=1S/C22H22N2O5/c1-3-7-17-18(21(26)28-2)19(24-22(27)23-17)14-10-12-16(13-11-14)29-20(25)15-8-5-4-6-9-15/h4-6,8-13,19H,3,7H2,1-2H3,(H2,23,24,27). The fourth-order valence-electron chi connectivity index (χ4n) is 3.13. The average Bonchev–Trinajstić information content (AvgIpc) is 2.74. The molecule has 7 heteroatoms. The Hall–Kier alpha value is -3.61. The van der Waals surface area contributed by atoms with Gasteiger partial charge in [-0.15, -0.1) is 0 Å². The van der Waals surface area contributed by atoms with E-state index >= 15 is 0 Å². The van der Waals surface area contributed by atoms with E-state index in [1.807, 2.05) is 13.0 Å². The molecule has 7 nitrogen and oxygen atoms in total. The first-order valence-electron chi connectivity index (χ1n) is 9.29. The molecule has 0 saturated heterocycles. The van der Waals surface area contributed by atoms with Crippen LogP contribution in [0.5, 0.6) is 5.75 Å². The minimum Gasteiger partial charge on any atom is -0.466 e. The number of ether oxygens (including phenoxy) is 2. The van der Waals surface area contributed by atoms with E-state index in [2.05, 4.69) is 10.6 Å². The van der Waals surface area contributed by atoms with Crippen LogP contribution in [0.25, 0.3) is 0 Å². The van der Waals surface area contributed by atoms with Gasteiger partial charge in [-0.3, -0.25) is 0 Å². The Morgan fingerprint density at radius 3 is 2.31 bits per heavy atom. The van der Waals surface area contributed by atoms with Crippen molar-refractivity contribution >= 4 is 18.0 Å². The predicted molar refractivity (Wildman–Crippen MR) is 106 cm³/mol. The zero-order chi connectivity index (χ0) is 20.8. The molecule has 1 unspecified atom stereocenters. The molecule has 2 N–H and O–H groups in total. The number of carbonyl (C=O) groups is 3. The highest BCUT2D eigenvalue weighted by atomic mass is 16.5. The summed E-state index contributed by atoms with van der Waals surface area (Å²) >= 11 is 0. The number of benzene rings is 2. The van der Waals surface area contributed by atoms with Gasteiger partial charge in [0, 0.05) is 5.70 Å². The van der Waals surface area contributed by atoms with Crippen molar-refractivity contribution in [2.24, 2.45) is 0 Å². The number of urea groups is 1. The first kappa shape index (κ1) is 20.1. The van der Waals surface area contributed by atoms with E-state index in [0.29, 0.717) is 34.6 Å². The fourth-order valence-corrected chi connectivity index (χ4v) is 3.13. The molecular weight excluding hydrogens is 372 g/mol. The smallest absolute Gasteiger partial charge is 0.343 e. The third-order valence-corrected chi connectivity index (χ3v) is 4.49. The van der Waals surface area contributed by atoms with Gasteiger partial charge in [0.15, 0.2) is 0 Å². The summed E-state index contributed by atoms with van der Waals surface area (Å²) in [6, 6.07) is 14.3. The van der Waals surface area contributed by atoms with Gasteiger partial charge in [0.1, 0.15) is 5.75 Å². The lowest BCUT2D eigenvalue weighted by molar-refractivity contribution is -0.136. The van der Waals surface area contributed by atoms with Gasteiger partial charge in [0.05, 0.1) is 24.3 Å². The van der Waals surface area contributed by atoms with Crippen LogP contribution in [0, 0.1) is 0 Å². The summed E-state index contributed by atoms with van der Waals surface area (Å²) < 4.78 is 10.3. The van der Waals surface area contributed by atoms with Gasteiger partial charge >= 0.3 is 18.0 Å². The number of amides is 2. The summed E-state index contributed by atoms with van der Waals surface area (Å²) in [6.07, 6.45) is 1.30. The Kier molecular flexibility index (Phi) is 6.29. The molecule has 0 bridgehead atoms. The van der Waals surface area contributed by atoms with E-state index < -0.39 is 18.0 Å². The lowest BCUT2D eigenvalue weighted by Gasteiger charge is -2.29. The number of rotatable bonds is 6. The van der Waals surface area contributed by atoms with Gasteiger partial charge in [-0.1, -0.05) is 43.7 Å². The van der Waals surface area contributed by atoms with Crippen molar-refractivity contribution in [1.82, 2.24) is 10.6 Å². The number of hydrogen-bond donors (Lipinski definition) is 2. The van der Waals surface area contributed by atoms with Crippen molar-refractivity contribution in [3.05, 3.63) is 77.0 Å². The second kappa shape index (κ2) is 9.05. The maximum Gasteiger partial charge on any atom is 0.343 e. The van der Waals surface area contributed by atoms with E-state index in [-0.39, 0.29) is 6.03 Å². The molecule has 1 aliphatic rings. The van der Waals surface area contributed by atoms with Gasteiger partial charge in [-0.05, 0) is 36.2 Å². The van der Waals surface area contributed by atoms with Gasteiger partial charge < -0.3 is 20.1 Å². The molecule has 2 aromatic rings. The molecule has 1 atom stereocenters. The van der Waals surface area contributed by atoms with Gasteiger partial charge in [-0.25, -0.2) is 14.4 Å². The quantitative estimate of drug-likeness (QED) is 0.578. The van der Waals surface area contributed by atoms with Crippen molar-refractivity contribution < 1.29 is 23.9 Å². The molecule has 0 saturated carbocycles. The highest BCUT2D eigenvalue weighted by molar-refractivity contribution is 5.95. The Bertz CT molecular complexity index is 935. The van der Waals surface area contributed by atoms with E-state index in [1.54, 1.807) is 48.5 Å². The lowest BCUT2D eigenvalue weighted by Crippen LogP contribution is -2.45. The van der Waals surface area contributed by atoms with Crippen LogP contribution >= 0.6 is 0 Å². The monoisotopic (exact) mass is 394 g/mol. The predicted octanol–water partition coefficient (Wildman–Crippen LogP) is 3.49. The Morgan fingerprint density at radius 2 is 1.69 bits per heavy atom. The highest BCUT2D eigenvalue weighted by Crippen LogP contribution is 2.30. The largest absolute Gasteiger partial charge is 0.466 e. The number of nitrogens with one attached hydrogen (secondary N) is 2. The lowest BCUT2D eigenvalue weighted by atomic mass is 9.94. The average molecular weight is 394 g/mol. The van der Waals surface area contributed by atoms with E-state index in [4.69, 9.17) is 9.47 Å². The number of methoxy groups -OCH3 is 1. The molecular formula is C22H22N2O5. The summed E-state index contributed by atoms with van der Waals surface area (Å²) in [7, 11) is 1.30. The molecule has 0 aliphatic carbocycles. The molecule has 29 heavy (non-hydrogen) atoms. The van der Waals surface area contributed by atoms with Crippen LogP contribution in [-0.4, -0.2) is 25.1 Å². The van der Waals surface area contributed by atoms with E-state index in [1.165, 1.54) is 7.11 Å². The normalized spacial score (nSPS) is 15.9. The highest BCUT2D eigenvalue weighted by Gasteiger charge is 2.33. The molecule has 150 valence electrons. The maximum absolute atomic E-state index is 12.4. The summed E-state index contributed by atoms with van der Waals surface area (Å²) in [5.41, 5.74) is 2.03. The minimum absolute atomic E-state index is 0.361. The van der Waals surface area contributed by atoms with Crippen molar-refractivity contribution in [2.45, 2.75) is 25.8 Å². The summed E-state index contributed by atoms with van der Waals surface area (Å²) in [6.45, 7) is 1.96. The van der Waals surface area contributed by atoms with E-state index in [9.17, 15) is 14.4 Å². The SMILES string of the molecule is CCCC1=C(C(=O)OC)C(c2ccc(OC(=O)c3ccccc3)cc2)NC(=O)N1. The number of carbonyl (C=O) groups excluding carboxylic acids is 3. The second-order valence-corrected chi connectivity index (χ2v) is 6.49. The molecule has 0 radical (unpaired) electrons. The van der Waals surface area contributed by atoms with Gasteiger partial charge in [0.25, 0.3) is 0 Å². The van der Waals surface area contributed by atoms with Crippen LogP contribution in [0.15, 0.2) is 65.9 Å². The summed E-state index contributed by atoms with van der Waals surface area (Å²) in [4.78, 5) is 36.6. The Labute approximate surface area is 168 Å². The Morgan fingerprint density at radius 1 is 1.00 bits per heavy atom. The summed E-state index contributed by atoms with van der Waals surface area (Å²) in [5, 5.41) is 5.45. The van der Waals surface area contributed by atoms with Crippen molar-refractivity contribution in [2.75, 3.05) is 7.11 Å². The molecule has 3 rings (SSSR count). The molecule has 2 amide bonds. The second-order valence-electron chi connectivity index (χ2n) is 6.49. The molecule has 1 aliphatic heterocycles. The molecule has 2 aromatic carbocycles. The van der Waals surface area contributed by atoms with Crippen LogP contribution in [-0.2, 0) is 9.53 Å². The molecule has 0 spiro atoms. The molecule has 1 heterocycles. The third-order valence-electron chi connectivity index (χ3n) is 4.49. The first-order chi connectivity index (χ1) is 14.0. The maximum atomic E-state index is 12.4. The van der Waals surface area contributed by atoms with Crippen LogP contribution < -0.4 is 15.4 Å². The zero-order valence-electron chi connectivity index (χ0n) is 16.2. The van der Waals surface area contributed by atoms with Gasteiger partial charge in [-0.2, -0.15) is 0 Å². The van der Waals surface area contributed by atoms with Crippen LogP contribution in [0.4, 0.5) is 4.79 Å². The first-order valence-corrected chi connectivity index (χ1v) is 9.29. The van der Waals surface area contributed by atoms with Crippen molar-refractivity contribution in [3.63, 3.8) is 0 Å². The topological polar surface area (TPSA) is 93.7 Å². The number of allylic oxidation sites excluding steroid dienone is 1. The third kappa shape index (κ3) is 4.63. The van der Waals surface area contributed by atoms with Crippen LogP contribution in [0.1, 0.15) is 41.7 Å². The molecule has 0 fully saturated rings. The van der Waals surface area contributed by atoms with Crippen molar-refractivity contribution in [1.29, 1.82) is 0 Å². The van der Waals surface area contributed by atoms with Crippen molar-refractivity contribution in [3.8, 4) is 5.75 Å².